The van der Waals surface area contributed by atoms with Crippen molar-refractivity contribution < 1.29 is 0 Å². The average Bonchev–Trinajstić information content (AvgIpc) is 3.07. The summed E-state index contributed by atoms with van der Waals surface area (Å²) in [5, 5.41) is 7.72. The Morgan fingerprint density at radius 3 is 1.67 bits per heavy atom. The summed E-state index contributed by atoms with van der Waals surface area (Å²) in [5.74, 6) is 0.423. The number of hydrogen-bond donors (Lipinski definition) is 0. The highest BCUT2D eigenvalue weighted by Crippen LogP contribution is 2.44. The van der Waals surface area contributed by atoms with E-state index in [4.69, 9.17) is 0 Å². The highest BCUT2D eigenvalue weighted by atomic mass is 14.2. The fourth-order valence-electron chi connectivity index (χ4n) is 6.80. The van der Waals surface area contributed by atoms with Crippen molar-refractivity contribution in [1.82, 2.24) is 0 Å². The van der Waals surface area contributed by atoms with Gasteiger partial charge in [0.1, 0.15) is 0 Å². The van der Waals surface area contributed by atoms with Gasteiger partial charge in [-0.25, -0.2) is 0 Å². The molecule has 0 heterocycles. The minimum absolute atomic E-state index is 0.423. The van der Waals surface area contributed by atoms with Gasteiger partial charge in [-0.15, -0.1) is 0 Å². The molecule has 8 rings (SSSR count). The number of fused-ring (bicyclic) bond motifs is 3. The number of allylic oxidation sites excluding steroid dienone is 4. The SMILES string of the molecule is C1=CCC(c2cccc(-c3c4ccccc4c(-c4ccc(-c5cccc6ccccc56)cc4)c4ccccc34)c2)C=C1. The Morgan fingerprint density at radius 2 is 1.00 bits per heavy atom. The van der Waals surface area contributed by atoms with Gasteiger partial charge in [-0.3, -0.25) is 0 Å². The Balaban J connectivity index is 1.31. The van der Waals surface area contributed by atoms with Crippen molar-refractivity contribution in [3.05, 3.63) is 169 Å². The summed E-state index contributed by atoms with van der Waals surface area (Å²) in [6.07, 6.45) is 9.96. The van der Waals surface area contributed by atoms with Gasteiger partial charge >= 0.3 is 0 Å². The minimum Gasteiger partial charge on any atom is -0.0836 e. The third kappa shape index (κ3) is 4.16. The van der Waals surface area contributed by atoms with Crippen LogP contribution < -0.4 is 0 Å². The molecule has 1 atom stereocenters. The van der Waals surface area contributed by atoms with Crippen LogP contribution in [0.1, 0.15) is 17.9 Å². The first-order chi connectivity index (χ1) is 20.8. The zero-order chi connectivity index (χ0) is 27.9. The molecular weight excluding hydrogens is 504 g/mol. The molecule has 0 N–H and O–H groups in total. The number of hydrogen-bond acceptors (Lipinski definition) is 0. The van der Waals surface area contributed by atoms with E-state index >= 15 is 0 Å². The van der Waals surface area contributed by atoms with Crippen LogP contribution >= 0.6 is 0 Å². The van der Waals surface area contributed by atoms with Gasteiger partial charge in [0, 0.05) is 5.92 Å². The summed E-state index contributed by atoms with van der Waals surface area (Å²) in [7, 11) is 0. The molecule has 0 nitrogen and oxygen atoms in total. The van der Waals surface area contributed by atoms with E-state index in [9.17, 15) is 0 Å². The smallest absolute Gasteiger partial charge is 0.00559 e. The molecule has 0 spiro atoms. The Morgan fingerprint density at radius 1 is 0.429 bits per heavy atom. The summed E-state index contributed by atoms with van der Waals surface area (Å²) in [6, 6.07) is 51.4. The third-order valence-electron chi connectivity index (χ3n) is 8.79. The van der Waals surface area contributed by atoms with Crippen molar-refractivity contribution in [2.24, 2.45) is 0 Å². The lowest BCUT2D eigenvalue weighted by atomic mass is 9.84. The number of rotatable bonds is 4. The lowest BCUT2D eigenvalue weighted by Crippen LogP contribution is -1.97. The predicted octanol–water partition coefficient (Wildman–Crippen LogP) is 11.7. The molecule has 1 unspecified atom stereocenters. The van der Waals surface area contributed by atoms with Crippen LogP contribution in [0.15, 0.2) is 164 Å². The largest absolute Gasteiger partial charge is 0.0836 e. The van der Waals surface area contributed by atoms with Crippen molar-refractivity contribution >= 4 is 32.3 Å². The summed E-state index contributed by atoms with van der Waals surface area (Å²) in [5.41, 5.74) is 9.01. The molecular formula is C42H30. The molecule has 0 amide bonds. The van der Waals surface area contributed by atoms with Gasteiger partial charge in [0.2, 0.25) is 0 Å². The van der Waals surface area contributed by atoms with E-state index in [0.717, 1.165) is 6.42 Å². The topological polar surface area (TPSA) is 0 Å². The van der Waals surface area contributed by atoms with E-state index in [1.165, 1.54) is 71.3 Å². The van der Waals surface area contributed by atoms with E-state index < -0.39 is 0 Å². The van der Waals surface area contributed by atoms with Crippen molar-refractivity contribution in [3.63, 3.8) is 0 Å². The fraction of sp³-hybridized carbons (Fsp3) is 0.0476. The van der Waals surface area contributed by atoms with Crippen LogP contribution in [0.3, 0.4) is 0 Å². The lowest BCUT2D eigenvalue weighted by molar-refractivity contribution is 0.854. The highest BCUT2D eigenvalue weighted by Gasteiger charge is 2.18. The third-order valence-corrected chi connectivity index (χ3v) is 8.79. The van der Waals surface area contributed by atoms with Crippen molar-refractivity contribution in [2.45, 2.75) is 12.3 Å². The molecule has 1 aliphatic rings. The van der Waals surface area contributed by atoms with E-state index in [-0.39, 0.29) is 0 Å². The predicted molar refractivity (Wildman–Crippen MR) is 181 cm³/mol. The maximum atomic E-state index is 2.40. The maximum absolute atomic E-state index is 2.40. The monoisotopic (exact) mass is 534 g/mol. The molecule has 42 heavy (non-hydrogen) atoms. The molecule has 7 aromatic carbocycles. The summed E-state index contributed by atoms with van der Waals surface area (Å²) < 4.78 is 0. The maximum Gasteiger partial charge on any atom is 0.00559 e. The molecule has 198 valence electrons. The second kappa shape index (κ2) is 10.3. The lowest BCUT2D eigenvalue weighted by Gasteiger charge is -2.19. The molecule has 0 fully saturated rings. The van der Waals surface area contributed by atoms with Crippen molar-refractivity contribution in [1.29, 1.82) is 0 Å². The normalized spacial score (nSPS) is 14.6. The molecule has 0 aliphatic heterocycles. The van der Waals surface area contributed by atoms with Crippen LogP contribution in [0.25, 0.3) is 65.7 Å². The quantitative estimate of drug-likeness (QED) is 0.197. The Hall–Kier alpha value is -5.20. The van der Waals surface area contributed by atoms with Crippen LogP contribution in [0.5, 0.6) is 0 Å². The van der Waals surface area contributed by atoms with Crippen LogP contribution in [0, 0.1) is 0 Å². The highest BCUT2D eigenvalue weighted by molar-refractivity contribution is 6.21. The second-order valence-corrected chi connectivity index (χ2v) is 11.2. The van der Waals surface area contributed by atoms with Gasteiger partial charge in [-0.1, -0.05) is 164 Å². The first-order valence-electron chi connectivity index (χ1n) is 14.8. The van der Waals surface area contributed by atoms with Gasteiger partial charge < -0.3 is 0 Å². The van der Waals surface area contributed by atoms with Gasteiger partial charge in [-0.05, 0) is 77.7 Å². The summed E-state index contributed by atoms with van der Waals surface area (Å²) >= 11 is 0. The molecule has 0 bridgehead atoms. The van der Waals surface area contributed by atoms with Crippen LogP contribution in [-0.2, 0) is 0 Å². The zero-order valence-corrected chi connectivity index (χ0v) is 23.4. The van der Waals surface area contributed by atoms with E-state index in [1.807, 2.05) is 0 Å². The second-order valence-electron chi connectivity index (χ2n) is 11.2. The first kappa shape index (κ1) is 24.6. The Labute approximate surface area is 246 Å². The molecule has 0 saturated heterocycles. The van der Waals surface area contributed by atoms with E-state index in [1.54, 1.807) is 0 Å². The Kier molecular flexibility index (Phi) is 6.04. The molecule has 7 aromatic rings. The van der Waals surface area contributed by atoms with Crippen LogP contribution in [0.4, 0.5) is 0 Å². The van der Waals surface area contributed by atoms with Gasteiger partial charge in [0.25, 0.3) is 0 Å². The van der Waals surface area contributed by atoms with E-state index in [0.29, 0.717) is 5.92 Å². The summed E-state index contributed by atoms with van der Waals surface area (Å²) in [4.78, 5) is 0. The van der Waals surface area contributed by atoms with Crippen LogP contribution in [-0.4, -0.2) is 0 Å². The Bertz CT molecular complexity index is 2100. The van der Waals surface area contributed by atoms with Crippen molar-refractivity contribution in [3.8, 4) is 33.4 Å². The summed E-state index contributed by atoms with van der Waals surface area (Å²) in [6.45, 7) is 0. The minimum atomic E-state index is 0.423. The van der Waals surface area contributed by atoms with E-state index in [2.05, 4.69) is 164 Å². The number of benzene rings is 7. The average molecular weight is 535 g/mol. The molecule has 0 radical (unpaired) electrons. The molecule has 0 aromatic heterocycles. The van der Waals surface area contributed by atoms with Crippen molar-refractivity contribution in [2.75, 3.05) is 0 Å². The first-order valence-corrected chi connectivity index (χ1v) is 14.8. The molecule has 1 aliphatic carbocycles. The molecule has 0 saturated carbocycles. The fourth-order valence-corrected chi connectivity index (χ4v) is 6.80. The van der Waals surface area contributed by atoms with Gasteiger partial charge in [0.15, 0.2) is 0 Å². The van der Waals surface area contributed by atoms with Crippen LogP contribution in [0.2, 0.25) is 0 Å². The standard InChI is InChI=1S/C42H30/c1-2-12-29(13-3-1)33-16-10-17-34(28-33)42-39-21-8-6-19-37(39)41(38-20-7-9-22-40(38)42)32-26-24-31(25-27-32)36-23-11-15-30-14-4-5-18-35(30)36/h1-12,14-29H,13H2. The van der Waals surface area contributed by atoms with Gasteiger partial charge in [-0.2, -0.15) is 0 Å². The molecule has 0 heteroatoms. The van der Waals surface area contributed by atoms with Gasteiger partial charge in [0.05, 0.1) is 0 Å². The zero-order valence-electron chi connectivity index (χ0n) is 23.4.